The number of aliphatic carboxylic acids is 1. The molecule has 10 nitrogen and oxygen atoms in total. The molecule has 0 unspecified atom stereocenters. The second kappa shape index (κ2) is 10.0. The molecule has 0 aromatic heterocycles. The molecule has 1 saturated carbocycles. The predicted octanol–water partition coefficient (Wildman–Crippen LogP) is 0.736. The Morgan fingerprint density at radius 3 is 1.40 bits per heavy atom. The highest BCUT2D eigenvalue weighted by Gasteiger charge is 2.15. The van der Waals surface area contributed by atoms with E-state index in [2.05, 4.69) is 0 Å². The van der Waals surface area contributed by atoms with Crippen LogP contribution in [-0.2, 0) is 25.6 Å². The molecule has 0 aromatic carbocycles. The molecule has 0 bridgehead atoms. The topological polar surface area (TPSA) is 186 Å². The zero-order valence-electron chi connectivity index (χ0n) is 10.4. The fraction of sp³-hybridized carbons (Fsp3) is 0.875. The maximum atomic E-state index is 10.3. The minimum atomic E-state index is -4.67. The molecule has 1 aliphatic carbocycles. The number of carboxylic acids is 1. The normalized spacial score (nSPS) is 16.2. The molecule has 1 aliphatic rings. The fourth-order valence-electron chi connectivity index (χ4n) is 1.64. The van der Waals surface area contributed by atoms with Gasteiger partial charge in [0.1, 0.15) is 0 Å². The van der Waals surface area contributed by atoms with E-state index in [9.17, 15) is 4.79 Å². The summed E-state index contributed by atoms with van der Waals surface area (Å²) in [5.74, 6) is -0.154. The van der Waals surface area contributed by atoms with Crippen molar-refractivity contribution < 1.29 is 44.9 Å². The first-order chi connectivity index (χ1) is 8.79. The van der Waals surface area contributed by atoms with Crippen molar-refractivity contribution in [1.29, 1.82) is 0 Å². The first kappa shape index (κ1) is 21.5. The smallest absolute Gasteiger partial charge is 0.394 e. The van der Waals surface area contributed by atoms with Crippen molar-refractivity contribution >= 4 is 26.8 Å². The Labute approximate surface area is 117 Å². The van der Waals surface area contributed by atoms with Gasteiger partial charge in [-0.3, -0.25) is 23.0 Å². The molecule has 0 radical (unpaired) electrons. The molecule has 0 aromatic rings. The summed E-state index contributed by atoms with van der Waals surface area (Å²) in [4.78, 5) is 10.3. The fourth-order valence-corrected chi connectivity index (χ4v) is 1.64. The Morgan fingerprint density at radius 2 is 1.15 bits per heavy atom. The predicted molar refractivity (Wildman–Crippen MR) is 67.2 cm³/mol. The third-order valence-corrected chi connectivity index (χ3v) is 2.19. The van der Waals surface area contributed by atoms with Crippen molar-refractivity contribution in [2.24, 2.45) is 5.92 Å². The maximum Gasteiger partial charge on any atom is 0.394 e. The number of carbonyl (C=O) groups is 1. The number of hydrogen-bond acceptors (Lipinski definition) is 5. The van der Waals surface area contributed by atoms with Gasteiger partial charge in [-0.05, 0) is 18.8 Å². The standard InChI is InChI=1S/C8H14O2.2H2O4S/c9-8(10)6-7-4-2-1-3-5-7;2*1-5(2,3)4/h7H,1-6H2,(H,9,10);2*(H2,1,2,3,4). The summed E-state index contributed by atoms with van der Waals surface area (Å²) in [7, 11) is -9.33. The highest BCUT2D eigenvalue weighted by Crippen LogP contribution is 2.25. The number of hydrogen-bond donors (Lipinski definition) is 5. The molecule has 1 rings (SSSR count). The molecule has 0 spiro atoms. The van der Waals surface area contributed by atoms with Crippen molar-refractivity contribution in [3.63, 3.8) is 0 Å². The monoisotopic (exact) mass is 338 g/mol. The molecule has 12 heteroatoms. The van der Waals surface area contributed by atoms with E-state index in [0.717, 1.165) is 12.8 Å². The van der Waals surface area contributed by atoms with Crippen LogP contribution in [0.25, 0.3) is 0 Å². The van der Waals surface area contributed by atoms with Crippen molar-refractivity contribution in [2.45, 2.75) is 38.5 Å². The summed E-state index contributed by atoms with van der Waals surface area (Å²) in [6.45, 7) is 0. The average Bonchev–Trinajstić information content (AvgIpc) is 2.12. The molecule has 0 heterocycles. The van der Waals surface area contributed by atoms with Crippen LogP contribution in [-0.4, -0.2) is 46.1 Å². The molecule has 0 atom stereocenters. The summed E-state index contributed by atoms with van der Waals surface area (Å²) in [6.07, 6.45) is 6.42. The van der Waals surface area contributed by atoms with Gasteiger partial charge in [0.2, 0.25) is 0 Å². The number of rotatable bonds is 2. The van der Waals surface area contributed by atoms with Gasteiger partial charge in [-0.1, -0.05) is 19.3 Å². The van der Waals surface area contributed by atoms with Gasteiger partial charge in [0.25, 0.3) is 0 Å². The van der Waals surface area contributed by atoms with Gasteiger partial charge in [-0.15, -0.1) is 0 Å². The zero-order chi connectivity index (χ0) is 16.4. The minimum Gasteiger partial charge on any atom is -0.481 e. The lowest BCUT2D eigenvalue weighted by Crippen LogP contribution is -2.10. The van der Waals surface area contributed by atoms with Gasteiger partial charge in [-0.2, -0.15) is 16.8 Å². The molecular formula is C8H18O10S2. The van der Waals surface area contributed by atoms with Gasteiger partial charge < -0.3 is 5.11 Å². The Kier molecular flexibility index (Phi) is 10.8. The second-order valence-electron chi connectivity index (χ2n) is 4.00. The van der Waals surface area contributed by atoms with E-state index in [0.29, 0.717) is 12.3 Å². The Bertz CT molecular complexity index is 413. The third-order valence-electron chi connectivity index (χ3n) is 2.19. The van der Waals surface area contributed by atoms with E-state index in [4.69, 9.17) is 40.2 Å². The van der Waals surface area contributed by atoms with Gasteiger partial charge in [-0.25, -0.2) is 0 Å². The van der Waals surface area contributed by atoms with Crippen LogP contribution in [0.5, 0.6) is 0 Å². The van der Waals surface area contributed by atoms with E-state index >= 15 is 0 Å². The van der Waals surface area contributed by atoms with Crippen LogP contribution >= 0.6 is 0 Å². The summed E-state index contributed by atoms with van der Waals surface area (Å²) in [5.41, 5.74) is 0. The summed E-state index contributed by atoms with van der Waals surface area (Å²) >= 11 is 0. The molecule has 122 valence electrons. The lowest BCUT2D eigenvalue weighted by atomic mass is 9.87. The Balaban J connectivity index is 0. The van der Waals surface area contributed by atoms with Crippen LogP contribution in [0.4, 0.5) is 0 Å². The summed E-state index contributed by atoms with van der Waals surface area (Å²) in [5, 5.41) is 8.47. The summed E-state index contributed by atoms with van der Waals surface area (Å²) < 4.78 is 63.2. The van der Waals surface area contributed by atoms with Gasteiger partial charge in [0.05, 0.1) is 0 Å². The van der Waals surface area contributed by atoms with Crippen LogP contribution in [0.3, 0.4) is 0 Å². The Hall–Kier alpha value is -0.790. The van der Waals surface area contributed by atoms with E-state index in [-0.39, 0.29) is 0 Å². The van der Waals surface area contributed by atoms with E-state index < -0.39 is 26.8 Å². The third kappa shape index (κ3) is 36.0. The average molecular weight is 338 g/mol. The maximum absolute atomic E-state index is 10.3. The minimum absolute atomic E-state index is 0.389. The second-order valence-corrected chi connectivity index (χ2v) is 5.79. The van der Waals surface area contributed by atoms with E-state index in [1.165, 1.54) is 19.3 Å². The van der Waals surface area contributed by atoms with Crippen molar-refractivity contribution in [3.05, 3.63) is 0 Å². The highest BCUT2D eigenvalue weighted by molar-refractivity contribution is 7.80. The van der Waals surface area contributed by atoms with Crippen molar-refractivity contribution in [2.75, 3.05) is 0 Å². The van der Waals surface area contributed by atoms with Gasteiger partial charge in [0, 0.05) is 6.42 Å². The lowest BCUT2D eigenvalue weighted by Gasteiger charge is -2.18. The van der Waals surface area contributed by atoms with E-state index in [1.807, 2.05) is 0 Å². The SMILES string of the molecule is O=C(O)CC1CCCCC1.O=S(=O)(O)O.O=S(=O)(O)O. The van der Waals surface area contributed by atoms with Gasteiger partial charge >= 0.3 is 26.8 Å². The first-order valence-electron chi connectivity index (χ1n) is 5.40. The molecule has 0 saturated heterocycles. The van der Waals surface area contributed by atoms with E-state index in [1.54, 1.807) is 0 Å². The van der Waals surface area contributed by atoms with Crippen LogP contribution < -0.4 is 0 Å². The molecule has 20 heavy (non-hydrogen) atoms. The van der Waals surface area contributed by atoms with Crippen LogP contribution in [0.2, 0.25) is 0 Å². The van der Waals surface area contributed by atoms with Crippen LogP contribution in [0, 0.1) is 5.92 Å². The lowest BCUT2D eigenvalue weighted by molar-refractivity contribution is -0.138. The van der Waals surface area contributed by atoms with Crippen molar-refractivity contribution in [1.82, 2.24) is 0 Å². The molecule has 0 aliphatic heterocycles. The Morgan fingerprint density at radius 1 is 0.850 bits per heavy atom. The molecule has 5 N–H and O–H groups in total. The zero-order valence-corrected chi connectivity index (χ0v) is 12.0. The quantitative estimate of drug-likeness (QED) is 0.449. The van der Waals surface area contributed by atoms with Crippen molar-refractivity contribution in [3.8, 4) is 0 Å². The molecule has 0 amide bonds. The first-order valence-corrected chi connectivity index (χ1v) is 8.20. The molecular weight excluding hydrogens is 320 g/mol. The van der Waals surface area contributed by atoms with Crippen LogP contribution in [0.1, 0.15) is 38.5 Å². The summed E-state index contributed by atoms with van der Waals surface area (Å²) in [6, 6.07) is 0. The number of carboxylic acid groups (broad SMARTS) is 1. The highest BCUT2D eigenvalue weighted by atomic mass is 32.3. The van der Waals surface area contributed by atoms with Gasteiger partial charge in [0.15, 0.2) is 0 Å². The van der Waals surface area contributed by atoms with Crippen LogP contribution in [0.15, 0.2) is 0 Å². The molecule has 1 fully saturated rings. The largest absolute Gasteiger partial charge is 0.481 e.